The second-order valence-electron chi connectivity index (χ2n) is 3.72. The molecule has 0 aromatic rings. The first-order valence-electron chi connectivity index (χ1n) is 5.68. The lowest BCUT2D eigenvalue weighted by molar-refractivity contribution is -0.222. The van der Waals surface area contributed by atoms with Crippen LogP contribution in [0.4, 0.5) is 13.2 Å². The summed E-state index contributed by atoms with van der Waals surface area (Å²) < 4.78 is 41.7. The molecular weight excluding hydrogens is 221 g/mol. The minimum Gasteiger partial charge on any atom is -0.453 e. The molecule has 0 bridgehead atoms. The number of alkyl halides is 3. The molecule has 0 fully saturated rings. The van der Waals surface area contributed by atoms with Crippen molar-refractivity contribution in [3.8, 4) is 0 Å². The molecular formula is C11H19F3O2. The molecule has 96 valence electrons. The minimum absolute atomic E-state index is 0.0263. The van der Waals surface area contributed by atoms with Crippen LogP contribution in [0.1, 0.15) is 52.4 Å². The highest BCUT2D eigenvalue weighted by Gasteiger charge is 2.41. The molecule has 0 aliphatic carbocycles. The molecule has 0 spiro atoms. The number of carbonyl (C=O) groups excluding carboxylic acids is 1. The van der Waals surface area contributed by atoms with Crippen LogP contribution in [0.3, 0.4) is 0 Å². The number of ether oxygens (including phenoxy) is 1. The normalized spacial score (nSPS) is 13.6. The van der Waals surface area contributed by atoms with E-state index in [1.807, 2.05) is 6.92 Å². The molecule has 0 heterocycles. The van der Waals surface area contributed by atoms with Gasteiger partial charge in [-0.2, -0.15) is 13.2 Å². The number of unbranched alkanes of at least 4 members (excludes halogenated alkanes) is 3. The van der Waals surface area contributed by atoms with Crippen molar-refractivity contribution in [1.29, 1.82) is 0 Å². The summed E-state index contributed by atoms with van der Waals surface area (Å²) in [5.41, 5.74) is 0. The number of esters is 1. The molecule has 0 radical (unpaired) electrons. The monoisotopic (exact) mass is 240 g/mol. The zero-order valence-electron chi connectivity index (χ0n) is 9.77. The summed E-state index contributed by atoms with van der Waals surface area (Å²) in [5.74, 6) is -0.794. The molecule has 0 aliphatic rings. The first-order chi connectivity index (χ1) is 7.41. The lowest BCUT2D eigenvalue weighted by atomic mass is 10.1. The van der Waals surface area contributed by atoms with E-state index >= 15 is 0 Å². The number of hydrogen-bond donors (Lipinski definition) is 0. The van der Waals surface area contributed by atoms with Crippen molar-refractivity contribution in [3.63, 3.8) is 0 Å². The summed E-state index contributed by atoms with van der Waals surface area (Å²) >= 11 is 0. The Kier molecular flexibility index (Phi) is 7.17. The lowest BCUT2D eigenvalue weighted by Crippen LogP contribution is -2.33. The van der Waals surface area contributed by atoms with Crippen LogP contribution in [0.25, 0.3) is 0 Å². The molecule has 0 saturated heterocycles. The van der Waals surface area contributed by atoms with Crippen LogP contribution in [0.2, 0.25) is 0 Å². The van der Waals surface area contributed by atoms with Gasteiger partial charge in [0.25, 0.3) is 0 Å². The van der Waals surface area contributed by atoms with E-state index in [0.717, 1.165) is 19.3 Å². The predicted octanol–water partition coefficient (Wildman–Crippen LogP) is 3.84. The third-order valence-corrected chi connectivity index (χ3v) is 2.25. The van der Waals surface area contributed by atoms with Gasteiger partial charge in [0.05, 0.1) is 0 Å². The lowest BCUT2D eigenvalue weighted by Gasteiger charge is -2.20. The molecule has 0 saturated carbocycles. The van der Waals surface area contributed by atoms with Crippen LogP contribution >= 0.6 is 0 Å². The van der Waals surface area contributed by atoms with Crippen LogP contribution in [-0.4, -0.2) is 18.2 Å². The summed E-state index contributed by atoms with van der Waals surface area (Å²) in [4.78, 5) is 10.8. The van der Waals surface area contributed by atoms with Crippen molar-refractivity contribution in [2.45, 2.75) is 64.7 Å². The molecule has 0 aromatic heterocycles. The Morgan fingerprint density at radius 3 is 2.25 bits per heavy atom. The fraction of sp³-hybridized carbons (Fsp3) is 0.909. The van der Waals surface area contributed by atoms with Gasteiger partial charge in [-0.15, -0.1) is 0 Å². The van der Waals surface area contributed by atoms with E-state index < -0.39 is 18.2 Å². The molecule has 5 heteroatoms. The standard InChI is InChI=1S/C11H19F3O2/c1-3-5-6-7-8-9(11(12,13)14)16-10(15)4-2/h9H,3-8H2,1-2H3/t9-/m1/s1. The molecule has 0 amide bonds. The number of halogens is 3. The Labute approximate surface area is 94.2 Å². The highest BCUT2D eigenvalue weighted by molar-refractivity contribution is 5.69. The highest BCUT2D eigenvalue weighted by atomic mass is 19.4. The molecule has 0 N–H and O–H groups in total. The van der Waals surface area contributed by atoms with Gasteiger partial charge in [0.2, 0.25) is 0 Å². The topological polar surface area (TPSA) is 26.3 Å². The van der Waals surface area contributed by atoms with E-state index in [2.05, 4.69) is 4.74 Å². The smallest absolute Gasteiger partial charge is 0.425 e. The number of rotatable bonds is 7. The quantitative estimate of drug-likeness (QED) is 0.499. The number of carbonyl (C=O) groups is 1. The van der Waals surface area contributed by atoms with Crippen molar-refractivity contribution in [2.75, 3.05) is 0 Å². The highest BCUT2D eigenvalue weighted by Crippen LogP contribution is 2.27. The van der Waals surface area contributed by atoms with E-state index in [9.17, 15) is 18.0 Å². The second kappa shape index (κ2) is 7.52. The van der Waals surface area contributed by atoms with Gasteiger partial charge in [0.1, 0.15) is 0 Å². The summed E-state index contributed by atoms with van der Waals surface area (Å²) in [6.45, 7) is 3.46. The third kappa shape index (κ3) is 6.69. The van der Waals surface area contributed by atoms with E-state index in [4.69, 9.17) is 0 Å². The van der Waals surface area contributed by atoms with Crippen LogP contribution in [0.5, 0.6) is 0 Å². The zero-order chi connectivity index (χ0) is 12.6. The Balaban J connectivity index is 4.07. The molecule has 1 atom stereocenters. The first-order valence-corrected chi connectivity index (χ1v) is 5.68. The van der Waals surface area contributed by atoms with Gasteiger partial charge in [-0.25, -0.2) is 0 Å². The van der Waals surface area contributed by atoms with E-state index in [1.165, 1.54) is 6.92 Å². The predicted molar refractivity (Wildman–Crippen MR) is 55.0 cm³/mol. The molecule has 0 aliphatic heterocycles. The molecule has 0 unspecified atom stereocenters. The average molecular weight is 240 g/mol. The molecule has 0 aromatic carbocycles. The van der Waals surface area contributed by atoms with Crippen molar-refractivity contribution < 1.29 is 22.7 Å². The van der Waals surface area contributed by atoms with Gasteiger partial charge in [-0.3, -0.25) is 4.79 Å². The third-order valence-electron chi connectivity index (χ3n) is 2.25. The van der Waals surface area contributed by atoms with Crippen LogP contribution in [-0.2, 0) is 9.53 Å². The Morgan fingerprint density at radius 1 is 1.19 bits per heavy atom. The minimum atomic E-state index is -4.45. The van der Waals surface area contributed by atoms with Crippen LogP contribution in [0, 0.1) is 0 Å². The Bertz CT molecular complexity index is 202. The zero-order valence-corrected chi connectivity index (χ0v) is 9.77. The van der Waals surface area contributed by atoms with Crippen molar-refractivity contribution in [2.24, 2.45) is 0 Å². The Hall–Kier alpha value is -0.740. The van der Waals surface area contributed by atoms with Crippen LogP contribution in [0.15, 0.2) is 0 Å². The SMILES string of the molecule is CCCCCC[C@@H](OC(=O)CC)C(F)(F)F. The maximum absolute atomic E-state index is 12.4. The van der Waals surface area contributed by atoms with Gasteiger partial charge in [-0.05, 0) is 12.8 Å². The number of hydrogen-bond acceptors (Lipinski definition) is 2. The van der Waals surface area contributed by atoms with Crippen LogP contribution < -0.4 is 0 Å². The fourth-order valence-electron chi connectivity index (χ4n) is 1.29. The molecule has 16 heavy (non-hydrogen) atoms. The summed E-state index contributed by atoms with van der Waals surface area (Å²) in [5, 5.41) is 0. The van der Waals surface area contributed by atoms with E-state index in [-0.39, 0.29) is 12.8 Å². The van der Waals surface area contributed by atoms with Crippen molar-refractivity contribution in [3.05, 3.63) is 0 Å². The van der Waals surface area contributed by atoms with Gasteiger partial charge in [0, 0.05) is 6.42 Å². The summed E-state index contributed by atoms with van der Waals surface area (Å²) in [6.07, 6.45) is -3.48. The maximum atomic E-state index is 12.4. The molecule has 2 nitrogen and oxygen atoms in total. The van der Waals surface area contributed by atoms with Gasteiger partial charge >= 0.3 is 12.1 Å². The van der Waals surface area contributed by atoms with Gasteiger partial charge < -0.3 is 4.74 Å². The van der Waals surface area contributed by atoms with Crippen molar-refractivity contribution in [1.82, 2.24) is 0 Å². The summed E-state index contributed by atoms with van der Waals surface area (Å²) in [7, 11) is 0. The Morgan fingerprint density at radius 2 is 1.81 bits per heavy atom. The largest absolute Gasteiger partial charge is 0.453 e. The summed E-state index contributed by atoms with van der Waals surface area (Å²) in [6, 6.07) is 0. The van der Waals surface area contributed by atoms with E-state index in [0.29, 0.717) is 6.42 Å². The molecule has 0 rings (SSSR count). The maximum Gasteiger partial charge on any atom is 0.425 e. The van der Waals surface area contributed by atoms with Crippen molar-refractivity contribution >= 4 is 5.97 Å². The average Bonchev–Trinajstić information content (AvgIpc) is 2.20. The first kappa shape index (κ1) is 15.3. The fourth-order valence-corrected chi connectivity index (χ4v) is 1.29. The second-order valence-corrected chi connectivity index (χ2v) is 3.72. The van der Waals surface area contributed by atoms with Gasteiger partial charge in [0.15, 0.2) is 6.10 Å². The van der Waals surface area contributed by atoms with E-state index in [1.54, 1.807) is 0 Å². The van der Waals surface area contributed by atoms with Gasteiger partial charge in [-0.1, -0.05) is 33.1 Å².